The summed E-state index contributed by atoms with van der Waals surface area (Å²) in [5.41, 5.74) is 2.57. The first kappa shape index (κ1) is 18.0. The summed E-state index contributed by atoms with van der Waals surface area (Å²) in [5.74, 6) is -0.632. The van der Waals surface area contributed by atoms with Crippen LogP contribution in [0.1, 0.15) is 35.7 Å². The number of hydrogen-bond acceptors (Lipinski definition) is 8. The van der Waals surface area contributed by atoms with Gasteiger partial charge in [-0.2, -0.15) is 0 Å². The van der Waals surface area contributed by atoms with Crippen molar-refractivity contribution in [3.63, 3.8) is 0 Å². The summed E-state index contributed by atoms with van der Waals surface area (Å²) in [4.78, 5) is 17.9. The lowest BCUT2D eigenvalue weighted by Crippen LogP contribution is -2.59. The van der Waals surface area contributed by atoms with Crippen molar-refractivity contribution in [2.45, 2.75) is 37.0 Å². The zero-order valence-corrected chi connectivity index (χ0v) is 15.2. The molecule has 3 aliphatic rings. The average molecular weight is 403 g/mol. The Morgan fingerprint density at radius 1 is 1.38 bits per heavy atom. The molecule has 0 radical (unpaired) electrons. The van der Waals surface area contributed by atoms with Gasteiger partial charge in [0.2, 0.25) is 5.69 Å². The maximum absolute atomic E-state index is 13.5. The largest absolute Gasteiger partial charge is 0.467 e. The van der Waals surface area contributed by atoms with Gasteiger partial charge in [0.25, 0.3) is 11.8 Å². The predicted octanol–water partition coefficient (Wildman–Crippen LogP) is 0.346. The number of likely N-dealkylation sites (tertiary alicyclic amines) is 1. The van der Waals surface area contributed by atoms with Gasteiger partial charge in [0.15, 0.2) is 5.84 Å². The summed E-state index contributed by atoms with van der Waals surface area (Å²) in [7, 11) is 0. The second kappa shape index (κ2) is 6.49. The summed E-state index contributed by atoms with van der Waals surface area (Å²) < 4.78 is 23.9. The topological polar surface area (TPSA) is 133 Å². The molecule has 0 spiro atoms. The van der Waals surface area contributed by atoms with Crippen molar-refractivity contribution in [3.05, 3.63) is 40.8 Å². The lowest BCUT2D eigenvalue weighted by molar-refractivity contribution is -0.151. The number of nitrogens with zero attached hydrogens (tertiary/aromatic N) is 4. The van der Waals surface area contributed by atoms with Crippen molar-refractivity contribution in [1.29, 1.82) is 0 Å². The zero-order valence-electron chi connectivity index (χ0n) is 15.2. The Morgan fingerprint density at radius 3 is 2.90 bits per heavy atom. The molecule has 0 bridgehead atoms. The molecule has 5 rings (SSSR count). The smallest absolute Gasteiger partial charge is 0.287 e. The van der Waals surface area contributed by atoms with Crippen LogP contribution >= 0.6 is 0 Å². The highest BCUT2D eigenvalue weighted by atomic mass is 19.1. The summed E-state index contributed by atoms with van der Waals surface area (Å²) in [6.45, 7) is 0.615. The predicted molar refractivity (Wildman–Crippen MR) is 93.8 cm³/mol. The number of aromatic nitrogens is 2. The fourth-order valence-corrected chi connectivity index (χ4v) is 3.53. The number of amidine groups is 1. The minimum absolute atomic E-state index is 0.0132. The Labute approximate surface area is 163 Å². The monoisotopic (exact) mass is 403 g/mol. The van der Waals surface area contributed by atoms with E-state index in [9.17, 15) is 19.5 Å². The number of halogens is 1. The summed E-state index contributed by atoms with van der Waals surface area (Å²) in [5, 5.41) is 26.8. The van der Waals surface area contributed by atoms with Gasteiger partial charge in [-0.05, 0) is 52.8 Å². The van der Waals surface area contributed by atoms with Gasteiger partial charge in [0.1, 0.15) is 17.5 Å². The van der Waals surface area contributed by atoms with Gasteiger partial charge < -0.3 is 14.7 Å². The molecule has 1 saturated heterocycles. The fraction of sp³-hybridized carbons (Fsp3) is 0.444. The number of nitrogens with one attached hydrogen (secondary N) is 1. The van der Waals surface area contributed by atoms with Gasteiger partial charge in [-0.15, -0.1) is 0 Å². The molecule has 1 aromatic heterocycles. The van der Waals surface area contributed by atoms with Crippen LogP contribution in [0, 0.1) is 5.82 Å². The number of ether oxygens (including phenoxy) is 1. The van der Waals surface area contributed by atoms with Crippen LogP contribution in [0.3, 0.4) is 0 Å². The summed E-state index contributed by atoms with van der Waals surface area (Å²) in [6.07, 6.45) is 1.23. The van der Waals surface area contributed by atoms with E-state index in [1.165, 1.54) is 17.0 Å². The number of aliphatic imine (C=N–C) groups is 1. The molecule has 1 atom stereocenters. The second-order valence-electron chi connectivity index (χ2n) is 7.55. The third kappa shape index (κ3) is 3.12. The third-order valence-electron chi connectivity index (χ3n) is 5.49. The van der Waals surface area contributed by atoms with Gasteiger partial charge in [-0.25, -0.2) is 9.02 Å². The molecule has 152 valence electrons. The molecule has 1 amide bonds. The Morgan fingerprint density at radius 2 is 2.17 bits per heavy atom. The van der Waals surface area contributed by atoms with Crippen LogP contribution in [0.15, 0.2) is 27.8 Å². The zero-order chi connectivity index (χ0) is 20.2. The average Bonchev–Trinajstić information content (AvgIpc) is 3.25. The molecule has 2 aromatic rings. The molecule has 29 heavy (non-hydrogen) atoms. The molecular formula is C18H18FN5O5. The van der Waals surface area contributed by atoms with Gasteiger partial charge in [0, 0.05) is 0 Å². The van der Waals surface area contributed by atoms with Gasteiger partial charge in [-0.1, -0.05) is 6.07 Å². The SMILES string of the molecule is O=C(N1CC(Oc2nonc2C(=N[C@H]2Cc3ccc(F)cc32)NO)C1)C1(O)CC1. The molecular weight excluding hydrogens is 385 g/mol. The van der Waals surface area contributed by atoms with Crippen molar-refractivity contribution in [1.82, 2.24) is 20.7 Å². The minimum atomic E-state index is -1.20. The highest BCUT2D eigenvalue weighted by Crippen LogP contribution is 2.39. The number of carbonyl (C=O) groups is 1. The molecule has 2 heterocycles. The van der Waals surface area contributed by atoms with E-state index in [0.29, 0.717) is 32.4 Å². The van der Waals surface area contributed by atoms with Gasteiger partial charge in [0.05, 0.1) is 19.1 Å². The Bertz CT molecular complexity index is 998. The normalized spacial score (nSPS) is 22.4. The van der Waals surface area contributed by atoms with E-state index in [1.54, 1.807) is 6.07 Å². The van der Waals surface area contributed by atoms with Crippen molar-refractivity contribution in [2.75, 3.05) is 13.1 Å². The van der Waals surface area contributed by atoms with Crippen LogP contribution in [0.5, 0.6) is 5.88 Å². The van der Waals surface area contributed by atoms with E-state index < -0.39 is 5.60 Å². The van der Waals surface area contributed by atoms with Crippen molar-refractivity contribution >= 4 is 11.7 Å². The number of hydroxylamine groups is 1. The van der Waals surface area contributed by atoms with E-state index in [-0.39, 0.29) is 41.3 Å². The number of fused-ring (bicyclic) bond motifs is 1. The van der Waals surface area contributed by atoms with Crippen LogP contribution in [0.25, 0.3) is 0 Å². The highest BCUT2D eigenvalue weighted by Gasteiger charge is 2.52. The van der Waals surface area contributed by atoms with Crippen LogP contribution in [-0.2, 0) is 11.2 Å². The highest BCUT2D eigenvalue weighted by molar-refractivity contribution is 5.98. The fourth-order valence-electron chi connectivity index (χ4n) is 3.53. The van der Waals surface area contributed by atoms with E-state index >= 15 is 0 Å². The van der Waals surface area contributed by atoms with Crippen LogP contribution in [0.2, 0.25) is 0 Å². The van der Waals surface area contributed by atoms with Crippen LogP contribution in [0.4, 0.5) is 4.39 Å². The third-order valence-corrected chi connectivity index (χ3v) is 5.49. The molecule has 0 unspecified atom stereocenters. The number of aliphatic hydroxyl groups is 1. The number of hydrogen-bond donors (Lipinski definition) is 3. The Hall–Kier alpha value is -3.05. The number of benzene rings is 1. The maximum Gasteiger partial charge on any atom is 0.287 e. The first-order valence-electron chi connectivity index (χ1n) is 9.24. The second-order valence-corrected chi connectivity index (χ2v) is 7.55. The van der Waals surface area contributed by atoms with E-state index in [4.69, 9.17) is 9.37 Å². The molecule has 2 aliphatic carbocycles. The molecule has 11 heteroatoms. The Kier molecular flexibility index (Phi) is 4.03. The molecule has 1 aromatic carbocycles. The standard InChI is InChI=1S/C18H18FN5O5/c19-10-2-1-9-5-13(12(9)6-10)20-15(21-27)14-16(23-29-22-14)28-11-7-24(8-11)17(25)18(26)3-4-18/h1-2,6,11,13,26-27H,3-5,7-8H2,(H,20,21)/t13-/m0/s1. The van der Waals surface area contributed by atoms with E-state index in [0.717, 1.165) is 11.1 Å². The first-order valence-corrected chi connectivity index (χ1v) is 9.24. The summed E-state index contributed by atoms with van der Waals surface area (Å²) in [6, 6.07) is 4.17. The lowest BCUT2D eigenvalue weighted by Gasteiger charge is -2.39. The van der Waals surface area contributed by atoms with Crippen molar-refractivity contribution < 1.29 is 28.9 Å². The van der Waals surface area contributed by atoms with E-state index in [1.807, 2.05) is 5.48 Å². The van der Waals surface area contributed by atoms with Crippen molar-refractivity contribution in [2.24, 2.45) is 4.99 Å². The van der Waals surface area contributed by atoms with Gasteiger partial charge >= 0.3 is 0 Å². The summed E-state index contributed by atoms with van der Waals surface area (Å²) >= 11 is 0. The van der Waals surface area contributed by atoms with Gasteiger partial charge in [-0.3, -0.25) is 20.5 Å². The van der Waals surface area contributed by atoms with Crippen molar-refractivity contribution in [3.8, 4) is 5.88 Å². The molecule has 3 N–H and O–H groups in total. The van der Waals surface area contributed by atoms with Crippen LogP contribution in [-0.4, -0.2) is 62.1 Å². The molecule has 1 saturated carbocycles. The number of carbonyl (C=O) groups excluding carboxylic acids is 1. The maximum atomic E-state index is 13.5. The van der Waals surface area contributed by atoms with E-state index in [2.05, 4.69) is 15.3 Å². The minimum Gasteiger partial charge on any atom is -0.467 e. The molecule has 10 nitrogen and oxygen atoms in total. The quantitative estimate of drug-likeness (QED) is 0.370. The number of amides is 1. The Balaban J connectivity index is 1.27. The van der Waals surface area contributed by atoms with Crippen LogP contribution < -0.4 is 10.2 Å². The first-order chi connectivity index (χ1) is 14.0. The molecule has 2 fully saturated rings. The number of rotatable bonds is 5. The lowest BCUT2D eigenvalue weighted by atomic mass is 9.83. The molecule has 1 aliphatic heterocycles.